The van der Waals surface area contributed by atoms with Crippen molar-refractivity contribution in [3.63, 3.8) is 0 Å². The summed E-state index contributed by atoms with van der Waals surface area (Å²) in [6.07, 6.45) is 1.36. The minimum Gasteiger partial charge on any atom is -0.497 e. The molecule has 0 fully saturated rings. The Labute approximate surface area is 243 Å². The lowest BCUT2D eigenvalue weighted by Gasteiger charge is -2.39. The van der Waals surface area contributed by atoms with E-state index in [0.29, 0.717) is 25.8 Å². The maximum absolute atomic E-state index is 13.2. The molecule has 0 unspecified atom stereocenters. The molecule has 0 aliphatic heterocycles. The number of methoxy groups -OCH3 is 3. The highest BCUT2D eigenvalue weighted by Gasteiger charge is 2.40. The summed E-state index contributed by atoms with van der Waals surface area (Å²) in [6.45, 7) is 5.90. The van der Waals surface area contributed by atoms with E-state index < -0.39 is 23.3 Å². The summed E-state index contributed by atoms with van der Waals surface area (Å²) in [7, 11) is 4.66. The summed E-state index contributed by atoms with van der Waals surface area (Å²) >= 11 is 0. The van der Waals surface area contributed by atoms with Crippen LogP contribution in [0.15, 0.2) is 78.9 Å². The third kappa shape index (κ3) is 8.47. The number of esters is 1. The number of amides is 1. The first-order valence-corrected chi connectivity index (χ1v) is 13.8. The van der Waals surface area contributed by atoms with E-state index in [4.69, 9.17) is 18.9 Å². The van der Waals surface area contributed by atoms with Crippen LogP contribution in [0.5, 0.6) is 11.5 Å². The molecule has 8 nitrogen and oxygen atoms in total. The van der Waals surface area contributed by atoms with Crippen molar-refractivity contribution in [2.75, 3.05) is 27.9 Å². The number of ether oxygens (including phenoxy) is 4. The average Bonchev–Trinajstić information content (AvgIpc) is 2.98. The molecule has 8 heteroatoms. The Bertz CT molecular complexity index is 1190. The molecule has 0 heterocycles. The molecule has 220 valence electrons. The van der Waals surface area contributed by atoms with Gasteiger partial charge in [-0.25, -0.2) is 4.79 Å². The molecule has 3 aromatic carbocycles. The number of carbonyl (C=O) groups is 2. The lowest BCUT2D eigenvalue weighted by molar-refractivity contribution is -0.143. The molecule has 0 spiro atoms. The van der Waals surface area contributed by atoms with Crippen molar-refractivity contribution in [1.82, 2.24) is 10.6 Å². The number of benzene rings is 3. The lowest BCUT2D eigenvalue weighted by Crippen LogP contribution is -2.53. The molecule has 0 saturated carbocycles. The second-order valence-corrected chi connectivity index (χ2v) is 10.7. The van der Waals surface area contributed by atoms with E-state index in [0.717, 1.165) is 28.2 Å². The van der Waals surface area contributed by atoms with Gasteiger partial charge >= 0.3 is 12.1 Å². The molecular weight excluding hydrogens is 520 g/mol. The van der Waals surface area contributed by atoms with Gasteiger partial charge in [0.25, 0.3) is 0 Å². The highest BCUT2D eigenvalue weighted by atomic mass is 16.6. The Morgan fingerprint density at radius 2 is 1.24 bits per heavy atom. The van der Waals surface area contributed by atoms with Crippen LogP contribution >= 0.6 is 0 Å². The van der Waals surface area contributed by atoms with Crippen LogP contribution in [0.3, 0.4) is 0 Å². The fourth-order valence-corrected chi connectivity index (χ4v) is 4.75. The normalized spacial score (nSPS) is 12.2. The highest BCUT2D eigenvalue weighted by molar-refractivity contribution is 5.76. The monoisotopic (exact) mass is 562 g/mol. The smallest absolute Gasteiger partial charge is 0.407 e. The molecule has 0 aliphatic carbocycles. The van der Waals surface area contributed by atoms with Crippen molar-refractivity contribution < 1.29 is 28.5 Å². The molecule has 1 atom stereocenters. The number of alkyl carbamates (subject to hydrolysis) is 1. The van der Waals surface area contributed by atoms with E-state index in [-0.39, 0.29) is 5.97 Å². The molecule has 1 amide bonds. The van der Waals surface area contributed by atoms with Gasteiger partial charge in [-0.3, -0.25) is 10.1 Å². The van der Waals surface area contributed by atoms with Crippen LogP contribution in [0.1, 0.15) is 56.7 Å². The molecule has 0 radical (unpaired) electrons. The predicted octanol–water partition coefficient (Wildman–Crippen LogP) is 5.82. The Balaban J connectivity index is 1.97. The van der Waals surface area contributed by atoms with Crippen molar-refractivity contribution in [3.05, 3.63) is 95.6 Å². The molecule has 2 N–H and O–H groups in total. The van der Waals surface area contributed by atoms with E-state index in [1.807, 2.05) is 99.6 Å². The summed E-state index contributed by atoms with van der Waals surface area (Å²) in [5, 5.41) is 6.49. The zero-order chi connectivity index (χ0) is 29.9. The van der Waals surface area contributed by atoms with Gasteiger partial charge < -0.3 is 24.3 Å². The van der Waals surface area contributed by atoms with Gasteiger partial charge in [-0.1, -0.05) is 54.6 Å². The van der Waals surface area contributed by atoms with Crippen molar-refractivity contribution in [2.24, 2.45) is 0 Å². The van der Waals surface area contributed by atoms with Crippen LogP contribution in [-0.4, -0.2) is 51.6 Å². The number of nitrogens with one attached hydrogen (secondary N) is 2. The number of carbonyl (C=O) groups excluding carboxylic acids is 2. The molecule has 3 aromatic rings. The first-order chi connectivity index (χ1) is 19.6. The quantitative estimate of drug-likeness (QED) is 0.154. The zero-order valence-corrected chi connectivity index (χ0v) is 24.9. The summed E-state index contributed by atoms with van der Waals surface area (Å²) in [5.74, 6) is 1.09. The van der Waals surface area contributed by atoms with Gasteiger partial charge in [-0.05, 0) is 81.0 Å². The van der Waals surface area contributed by atoms with Gasteiger partial charge in [0, 0.05) is 6.54 Å². The van der Waals surface area contributed by atoms with Crippen LogP contribution in [0.25, 0.3) is 0 Å². The van der Waals surface area contributed by atoms with E-state index >= 15 is 0 Å². The van der Waals surface area contributed by atoms with E-state index in [1.54, 1.807) is 14.2 Å². The van der Waals surface area contributed by atoms with Crippen LogP contribution in [-0.2, 0) is 19.8 Å². The Kier molecular flexibility index (Phi) is 11.2. The maximum atomic E-state index is 13.2. The minimum absolute atomic E-state index is 0.368. The van der Waals surface area contributed by atoms with Gasteiger partial charge in [-0.15, -0.1) is 0 Å². The second kappa shape index (κ2) is 14.6. The summed E-state index contributed by atoms with van der Waals surface area (Å²) in [4.78, 5) is 25.2. The van der Waals surface area contributed by atoms with Crippen molar-refractivity contribution in [1.29, 1.82) is 0 Å². The van der Waals surface area contributed by atoms with Gasteiger partial charge in [-0.2, -0.15) is 0 Å². The van der Waals surface area contributed by atoms with Crippen LogP contribution in [0.2, 0.25) is 0 Å². The summed E-state index contributed by atoms with van der Waals surface area (Å²) in [6, 6.07) is 25.0. The predicted molar refractivity (Wildman–Crippen MR) is 159 cm³/mol. The standard InChI is InChI=1S/C33H42N2O6/c1-32(2,3)41-31(37)34-23-11-10-14-29(30(36)40-6)35-33(24-12-8-7-9-13-24,25-15-19-27(38-4)20-16-25)26-17-21-28(39-5)22-18-26/h7-9,12-13,15-22,29,35H,10-11,14,23H2,1-6H3,(H,34,37)/t29-/m0/s1. The maximum Gasteiger partial charge on any atom is 0.407 e. The average molecular weight is 563 g/mol. The zero-order valence-electron chi connectivity index (χ0n) is 24.9. The first kappa shape index (κ1) is 31.5. The third-order valence-corrected chi connectivity index (χ3v) is 6.72. The fraction of sp³-hybridized carbons (Fsp3) is 0.394. The van der Waals surface area contributed by atoms with Crippen molar-refractivity contribution in [2.45, 2.75) is 57.2 Å². The molecule has 0 aromatic heterocycles. The Morgan fingerprint density at radius 1 is 0.732 bits per heavy atom. The van der Waals surface area contributed by atoms with Crippen molar-refractivity contribution in [3.8, 4) is 11.5 Å². The number of hydrogen-bond acceptors (Lipinski definition) is 7. The van der Waals surface area contributed by atoms with E-state index in [9.17, 15) is 9.59 Å². The summed E-state index contributed by atoms with van der Waals surface area (Å²) in [5.41, 5.74) is 1.34. The first-order valence-electron chi connectivity index (χ1n) is 13.8. The largest absolute Gasteiger partial charge is 0.497 e. The van der Waals surface area contributed by atoms with Crippen molar-refractivity contribution >= 4 is 12.1 Å². The number of unbranched alkanes of at least 4 members (excludes halogenated alkanes) is 1. The SMILES string of the molecule is COC(=O)[C@H](CCCCNC(=O)OC(C)(C)C)NC(c1ccccc1)(c1ccc(OC)cc1)c1ccc(OC)cc1. The van der Waals surface area contributed by atoms with Gasteiger partial charge in [0.1, 0.15) is 23.1 Å². The van der Waals surface area contributed by atoms with Gasteiger partial charge in [0.05, 0.1) is 26.9 Å². The molecule has 0 saturated heterocycles. The Hall–Kier alpha value is -4.04. The lowest BCUT2D eigenvalue weighted by atomic mass is 9.76. The topological polar surface area (TPSA) is 95.1 Å². The third-order valence-electron chi connectivity index (χ3n) is 6.72. The van der Waals surface area contributed by atoms with E-state index in [2.05, 4.69) is 10.6 Å². The molecule has 0 bridgehead atoms. The van der Waals surface area contributed by atoms with Crippen LogP contribution in [0, 0.1) is 0 Å². The number of hydrogen-bond donors (Lipinski definition) is 2. The Morgan fingerprint density at radius 3 is 1.71 bits per heavy atom. The fourth-order valence-electron chi connectivity index (χ4n) is 4.75. The summed E-state index contributed by atoms with van der Waals surface area (Å²) < 4.78 is 21.4. The highest BCUT2D eigenvalue weighted by Crippen LogP contribution is 2.39. The van der Waals surface area contributed by atoms with Gasteiger partial charge in [0.2, 0.25) is 0 Å². The molecule has 41 heavy (non-hydrogen) atoms. The molecular formula is C33H42N2O6. The molecule has 0 aliphatic rings. The van der Waals surface area contributed by atoms with Crippen LogP contribution in [0.4, 0.5) is 4.79 Å². The second-order valence-electron chi connectivity index (χ2n) is 10.7. The number of rotatable bonds is 13. The van der Waals surface area contributed by atoms with Gasteiger partial charge in [0.15, 0.2) is 0 Å². The molecule has 3 rings (SSSR count). The van der Waals surface area contributed by atoms with E-state index in [1.165, 1.54) is 7.11 Å². The minimum atomic E-state index is -0.909. The van der Waals surface area contributed by atoms with Crippen LogP contribution < -0.4 is 20.1 Å².